The standard InChI is InChI=1S/C12H19N3O2/c1-2-9(11-13-6-7-14-11)15-12(16)10-5-3-4-8-17-10/h6-7,9-10H,2-5,8H2,1H3,(H,13,14)(H,15,16). The van der Waals surface area contributed by atoms with Crippen molar-refractivity contribution in [3.05, 3.63) is 18.2 Å². The molecular formula is C12H19N3O2. The summed E-state index contributed by atoms with van der Waals surface area (Å²) in [6, 6.07) is -0.0528. The highest BCUT2D eigenvalue weighted by Crippen LogP contribution is 2.16. The van der Waals surface area contributed by atoms with Crippen LogP contribution >= 0.6 is 0 Å². The number of rotatable bonds is 4. The third kappa shape index (κ3) is 3.06. The highest BCUT2D eigenvalue weighted by molar-refractivity contribution is 5.81. The Bertz CT molecular complexity index is 345. The molecule has 2 atom stereocenters. The first-order chi connectivity index (χ1) is 8.31. The van der Waals surface area contributed by atoms with Crippen LogP contribution in [0.4, 0.5) is 0 Å². The van der Waals surface area contributed by atoms with Crippen molar-refractivity contribution in [2.75, 3.05) is 6.61 Å². The Balaban J connectivity index is 1.92. The van der Waals surface area contributed by atoms with Gasteiger partial charge in [0.15, 0.2) is 0 Å². The van der Waals surface area contributed by atoms with Crippen molar-refractivity contribution < 1.29 is 9.53 Å². The largest absolute Gasteiger partial charge is 0.368 e. The van der Waals surface area contributed by atoms with Crippen LogP contribution in [-0.4, -0.2) is 28.6 Å². The number of ether oxygens (including phenoxy) is 1. The van der Waals surface area contributed by atoms with E-state index in [2.05, 4.69) is 15.3 Å². The fraction of sp³-hybridized carbons (Fsp3) is 0.667. The molecule has 2 N–H and O–H groups in total. The number of hydrogen-bond acceptors (Lipinski definition) is 3. The molecule has 1 aromatic rings. The number of carbonyl (C=O) groups excluding carboxylic acids is 1. The molecule has 2 unspecified atom stereocenters. The minimum Gasteiger partial charge on any atom is -0.368 e. The van der Waals surface area contributed by atoms with Gasteiger partial charge in [0.05, 0.1) is 6.04 Å². The smallest absolute Gasteiger partial charge is 0.249 e. The van der Waals surface area contributed by atoms with Crippen molar-refractivity contribution in [3.8, 4) is 0 Å². The molecule has 17 heavy (non-hydrogen) atoms. The second-order valence-corrected chi connectivity index (χ2v) is 4.30. The van der Waals surface area contributed by atoms with Crippen LogP contribution in [0.2, 0.25) is 0 Å². The summed E-state index contributed by atoms with van der Waals surface area (Å²) < 4.78 is 5.46. The maximum atomic E-state index is 12.0. The van der Waals surface area contributed by atoms with E-state index in [1.165, 1.54) is 0 Å². The molecule has 0 bridgehead atoms. The van der Waals surface area contributed by atoms with Crippen LogP contribution in [0.1, 0.15) is 44.5 Å². The van der Waals surface area contributed by atoms with Crippen molar-refractivity contribution in [2.45, 2.75) is 44.8 Å². The number of nitrogens with one attached hydrogen (secondary N) is 2. The number of aromatic amines is 1. The summed E-state index contributed by atoms with van der Waals surface area (Å²) in [5.41, 5.74) is 0. The van der Waals surface area contributed by atoms with Gasteiger partial charge in [-0.25, -0.2) is 4.98 Å². The summed E-state index contributed by atoms with van der Waals surface area (Å²) in [5, 5.41) is 2.98. The fourth-order valence-corrected chi connectivity index (χ4v) is 2.04. The van der Waals surface area contributed by atoms with Crippen LogP contribution < -0.4 is 5.32 Å². The minimum atomic E-state index is -0.284. The Labute approximate surface area is 101 Å². The zero-order valence-corrected chi connectivity index (χ0v) is 10.1. The summed E-state index contributed by atoms with van der Waals surface area (Å²) in [7, 11) is 0. The van der Waals surface area contributed by atoms with Crippen LogP contribution in [0.25, 0.3) is 0 Å². The maximum absolute atomic E-state index is 12.0. The van der Waals surface area contributed by atoms with E-state index in [-0.39, 0.29) is 18.1 Å². The van der Waals surface area contributed by atoms with Gasteiger partial charge in [0.1, 0.15) is 11.9 Å². The van der Waals surface area contributed by atoms with Crippen LogP contribution in [-0.2, 0) is 9.53 Å². The van der Waals surface area contributed by atoms with E-state index in [0.717, 1.165) is 31.5 Å². The van der Waals surface area contributed by atoms with E-state index in [4.69, 9.17) is 4.74 Å². The van der Waals surface area contributed by atoms with Crippen molar-refractivity contribution in [1.29, 1.82) is 0 Å². The molecule has 1 aromatic heterocycles. The lowest BCUT2D eigenvalue weighted by atomic mass is 10.1. The number of carbonyl (C=O) groups is 1. The monoisotopic (exact) mass is 237 g/mol. The van der Waals surface area contributed by atoms with Gasteiger partial charge in [-0.2, -0.15) is 0 Å². The predicted molar refractivity (Wildman–Crippen MR) is 63.4 cm³/mol. The van der Waals surface area contributed by atoms with Gasteiger partial charge in [0.25, 0.3) is 0 Å². The van der Waals surface area contributed by atoms with Gasteiger partial charge in [-0.05, 0) is 25.7 Å². The van der Waals surface area contributed by atoms with Gasteiger partial charge in [-0.15, -0.1) is 0 Å². The van der Waals surface area contributed by atoms with E-state index in [9.17, 15) is 4.79 Å². The molecule has 94 valence electrons. The van der Waals surface area contributed by atoms with Gasteiger partial charge in [-0.1, -0.05) is 6.92 Å². The van der Waals surface area contributed by atoms with E-state index >= 15 is 0 Å². The number of imidazole rings is 1. The molecule has 5 heteroatoms. The summed E-state index contributed by atoms with van der Waals surface area (Å²) >= 11 is 0. The molecule has 0 aliphatic carbocycles. The van der Waals surface area contributed by atoms with Crippen molar-refractivity contribution in [2.24, 2.45) is 0 Å². The maximum Gasteiger partial charge on any atom is 0.249 e. The fourth-order valence-electron chi connectivity index (χ4n) is 2.04. The highest BCUT2D eigenvalue weighted by atomic mass is 16.5. The highest BCUT2D eigenvalue weighted by Gasteiger charge is 2.24. The van der Waals surface area contributed by atoms with Crippen LogP contribution in [0.5, 0.6) is 0 Å². The first-order valence-corrected chi connectivity index (χ1v) is 6.22. The average Bonchev–Trinajstić information content (AvgIpc) is 2.90. The second-order valence-electron chi connectivity index (χ2n) is 4.30. The molecular weight excluding hydrogens is 218 g/mol. The molecule has 5 nitrogen and oxygen atoms in total. The average molecular weight is 237 g/mol. The van der Waals surface area contributed by atoms with Crippen LogP contribution in [0, 0.1) is 0 Å². The van der Waals surface area contributed by atoms with Crippen molar-refractivity contribution in [3.63, 3.8) is 0 Å². The van der Waals surface area contributed by atoms with E-state index in [0.29, 0.717) is 6.61 Å². The Kier molecular flexibility index (Phi) is 4.14. The van der Waals surface area contributed by atoms with Crippen LogP contribution in [0.3, 0.4) is 0 Å². The lowest BCUT2D eigenvalue weighted by molar-refractivity contribution is -0.136. The number of nitrogens with zero attached hydrogens (tertiary/aromatic N) is 1. The molecule has 0 spiro atoms. The molecule has 1 aliphatic heterocycles. The molecule has 0 saturated carbocycles. The number of H-pyrrole nitrogens is 1. The lowest BCUT2D eigenvalue weighted by Crippen LogP contribution is -2.40. The predicted octanol–water partition coefficient (Wildman–Crippen LogP) is 1.55. The first-order valence-electron chi connectivity index (χ1n) is 6.22. The summed E-state index contributed by atoms with van der Waals surface area (Å²) in [4.78, 5) is 19.2. The molecule has 2 rings (SSSR count). The minimum absolute atomic E-state index is 0.0204. The van der Waals surface area contributed by atoms with Crippen molar-refractivity contribution in [1.82, 2.24) is 15.3 Å². The molecule has 1 amide bonds. The Hall–Kier alpha value is -1.36. The summed E-state index contributed by atoms with van der Waals surface area (Å²) in [6.07, 6.45) is 6.93. The first kappa shape index (κ1) is 12.1. The van der Waals surface area contributed by atoms with Gasteiger partial charge < -0.3 is 15.0 Å². The lowest BCUT2D eigenvalue weighted by Gasteiger charge is -2.24. The third-order valence-electron chi connectivity index (χ3n) is 3.05. The molecule has 1 fully saturated rings. The van der Waals surface area contributed by atoms with Gasteiger partial charge in [-0.3, -0.25) is 4.79 Å². The Morgan fingerprint density at radius 2 is 2.59 bits per heavy atom. The second kappa shape index (κ2) is 5.82. The third-order valence-corrected chi connectivity index (χ3v) is 3.05. The zero-order valence-electron chi connectivity index (χ0n) is 10.1. The number of hydrogen-bond donors (Lipinski definition) is 2. The van der Waals surface area contributed by atoms with Gasteiger partial charge in [0, 0.05) is 19.0 Å². The van der Waals surface area contributed by atoms with Gasteiger partial charge >= 0.3 is 0 Å². The van der Waals surface area contributed by atoms with Gasteiger partial charge in [0.2, 0.25) is 5.91 Å². The van der Waals surface area contributed by atoms with E-state index in [1.807, 2.05) is 6.92 Å². The molecule has 1 aliphatic rings. The molecule has 1 saturated heterocycles. The van der Waals surface area contributed by atoms with Crippen LogP contribution in [0.15, 0.2) is 12.4 Å². The SMILES string of the molecule is CCC(NC(=O)C1CCCCO1)c1ncc[nH]1. The molecule has 0 aromatic carbocycles. The van der Waals surface area contributed by atoms with E-state index < -0.39 is 0 Å². The van der Waals surface area contributed by atoms with Crippen molar-refractivity contribution >= 4 is 5.91 Å². The summed E-state index contributed by atoms with van der Waals surface area (Å²) in [6.45, 7) is 2.71. The normalized spacial score (nSPS) is 22.1. The topological polar surface area (TPSA) is 67.0 Å². The zero-order chi connectivity index (χ0) is 12.1. The number of amides is 1. The molecule has 0 radical (unpaired) electrons. The number of aromatic nitrogens is 2. The molecule has 2 heterocycles. The van der Waals surface area contributed by atoms with E-state index in [1.54, 1.807) is 12.4 Å². The quantitative estimate of drug-likeness (QED) is 0.834. The Morgan fingerprint density at radius 1 is 1.71 bits per heavy atom. The Morgan fingerprint density at radius 3 is 3.18 bits per heavy atom. The summed E-state index contributed by atoms with van der Waals surface area (Å²) in [5.74, 6) is 0.782.